The summed E-state index contributed by atoms with van der Waals surface area (Å²) in [7, 11) is -4.18. The molecule has 2 atom stereocenters. The van der Waals surface area contributed by atoms with Gasteiger partial charge in [-0.25, -0.2) is 4.79 Å². The van der Waals surface area contributed by atoms with Crippen LogP contribution in [0.25, 0.3) is 0 Å². The van der Waals surface area contributed by atoms with Gasteiger partial charge in [0.05, 0.1) is 11.5 Å². The lowest BCUT2D eigenvalue weighted by molar-refractivity contribution is -0.384. The largest absolute Gasteiger partial charge is 0.445 e. The summed E-state index contributed by atoms with van der Waals surface area (Å²) in [4.78, 5) is 31.8. The quantitative estimate of drug-likeness (QED) is 0.398. The summed E-state index contributed by atoms with van der Waals surface area (Å²) in [6, 6.07) is 14.4. The molecular weight excluding hydrogens is 375 g/mol. The van der Waals surface area contributed by atoms with Gasteiger partial charge in [-0.15, -0.1) is 0 Å². The fourth-order valence-corrected chi connectivity index (χ4v) is 2.84. The van der Waals surface area contributed by atoms with Gasteiger partial charge in [0.2, 0.25) is 0 Å². The van der Waals surface area contributed by atoms with Gasteiger partial charge in [0.25, 0.3) is 5.69 Å². The van der Waals surface area contributed by atoms with Crippen LogP contribution in [-0.4, -0.2) is 21.7 Å². The third-order valence-corrected chi connectivity index (χ3v) is 5.20. The zero-order chi connectivity index (χ0) is 19.9. The third kappa shape index (κ3) is 6.49. The van der Waals surface area contributed by atoms with Crippen molar-refractivity contribution < 1.29 is 28.4 Å². The van der Waals surface area contributed by atoms with E-state index in [0.29, 0.717) is 5.56 Å². The number of nitrogens with one attached hydrogen (secondary N) is 1. The molecule has 0 aliphatic heterocycles. The molecule has 0 saturated carbocycles. The highest BCUT2D eigenvalue weighted by atomic mass is 31.2. The van der Waals surface area contributed by atoms with Gasteiger partial charge in [0.1, 0.15) is 12.4 Å². The first kappa shape index (κ1) is 20.6. The van der Waals surface area contributed by atoms with Crippen molar-refractivity contribution >= 4 is 19.4 Å². The molecule has 0 aliphatic carbocycles. The molecule has 0 fully saturated rings. The Labute approximate surface area is 155 Å². The second-order valence-electron chi connectivity index (χ2n) is 5.64. The van der Waals surface area contributed by atoms with Crippen LogP contribution < -0.4 is 5.32 Å². The van der Waals surface area contributed by atoms with Gasteiger partial charge < -0.3 is 19.5 Å². The summed E-state index contributed by atoms with van der Waals surface area (Å²) < 4.78 is 22.2. The number of carbonyl (C=O) groups excluding carboxylic acids is 1. The number of alkyl carbamates (subject to hydrolysis) is 1. The van der Waals surface area contributed by atoms with Crippen LogP contribution in [0.4, 0.5) is 10.5 Å². The zero-order valence-electron chi connectivity index (χ0n) is 14.5. The number of non-ortho nitro benzene ring substituents is 1. The molecule has 2 aromatic carbocycles. The van der Waals surface area contributed by atoms with Gasteiger partial charge in [-0.1, -0.05) is 30.3 Å². The summed E-state index contributed by atoms with van der Waals surface area (Å²) in [6.45, 7) is 1.11. The Morgan fingerprint density at radius 1 is 1.15 bits per heavy atom. The number of rotatable bonds is 8. The molecule has 2 rings (SSSR count). The van der Waals surface area contributed by atoms with E-state index in [9.17, 15) is 24.4 Å². The normalized spacial score (nSPS) is 14.0. The molecule has 2 N–H and O–H groups in total. The molecule has 2 unspecified atom stereocenters. The average Bonchev–Trinajstić information content (AvgIpc) is 2.66. The molecule has 0 bridgehead atoms. The van der Waals surface area contributed by atoms with Crippen molar-refractivity contribution in [3.05, 3.63) is 75.8 Å². The van der Waals surface area contributed by atoms with Gasteiger partial charge in [-0.3, -0.25) is 14.7 Å². The van der Waals surface area contributed by atoms with Crippen LogP contribution in [-0.2, 0) is 27.0 Å². The second-order valence-corrected chi connectivity index (χ2v) is 7.80. The molecule has 0 aromatic heterocycles. The molecule has 27 heavy (non-hydrogen) atoms. The van der Waals surface area contributed by atoms with Gasteiger partial charge in [-0.05, 0) is 30.2 Å². The first-order valence-corrected chi connectivity index (χ1v) is 9.60. The number of hydrogen-bond acceptors (Lipinski definition) is 6. The molecule has 1 amide bonds. The highest BCUT2D eigenvalue weighted by Crippen LogP contribution is 2.46. The van der Waals surface area contributed by atoms with Crippen molar-refractivity contribution in [2.75, 3.05) is 0 Å². The summed E-state index contributed by atoms with van der Waals surface area (Å²) in [5.41, 5.74) is 1.16. The van der Waals surface area contributed by atoms with Crippen molar-refractivity contribution in [2.45, 2.75) is 25.9 Å². The number of nitrogens with zero attached hydrogens (tertiary/aromatic N) is 1. The maximum atomic E-state index is 12.2. The lowest BCUT2D eigenvalue weighted by Gasteiger charge is -2.20. The first-order valence-electron chi connectivity index (χ1n) is 7.95. The Kier molecular flexibility index (Phi) is 7.06. The maximum absolute atomic E-state index is 12.2. The Bertz CT molecular complexity index is 827. The monoisotopic (exact) mass is 394 g/mol. The molecule has 0 aliphatic rings. The highest BCUT2D eigenvalue weighted by molar-refractivity contribution is 7.53. The van der Waals surface area contributed by atoms with Crippen molar-refractivity contribution in [3.63, 3.8) is 0 Å². The fourth-order valence-electron chi connectivity index (χ4n) is 2.01. The van der Waals surface area contributed by atoms with Gasteiger partial charge in [0, 0.05) is 12.1 Å². The SMILES string of the molecule is CC(NC(=O)OCc1ccccc1)P(=O)(O)OCc1ccc([N+](=O)[O-])cc1. The van der Waals surface area contributed by atoms with Crippen LogP contribution in [0.5, 0.6) is 0 Å². The maximum Gasteiger partial charge on any atom is 0.408 e. The van der Waals surface area contributed by atoms with E-state index in [1.54, 1.807) is 24.3 Å². The fraction of sp³-hybridized carbons (Fsp3) is 0.235. The van der Waals surface area contributed by atoms with Gasteiger partial charge in [-0.2, -0.15) is 0 Å². The van der Waals surface area contributed by atoms with Gasteiger partial charge in [0.15, 0.2) is 0 Å². The molecular formula is C17H19N2O7P. The number of hydrogen-bond donors (Lipinski definition) is 2. The lowest BCUT2D eigenvalue weighted by Crippen LogP contribution is -2.33. The van der Waals surface area contributed by atoms with Crippen LogP contribution in [0.2, 0.25) is 0 Å². The number of benzene rings is 2. The van der Waals surface area contributed by atoms with Crippen molar-refractivity contribution in [1.29, 1.82) is 0 Å². The third-order valence-electron chi connectivity index (χ3n) is 3.59. The van der Waals surface area contributed by atoms with Crippen LogP contribution in [0.3, 0.4) is 0 Å². The summed E-state index contributed by atoms with van der Waals surface area (Å²) in [5.74, 6) is -1.20. The van der Waals surface area contributed by atoms with Crippen molar-refractivity contribution in [2.24, 2.45) is 0 Å². The Morgan fingerprint density at radius 2 is 1.74 bits per heavy atom. The molecule has 2 aromatic rings. The summed E-state index contributed by atoms with van der Waals surface area (Å²) >= 11 is 0. The van der Waals surface area contributed by atoms with Crippen LogP contribution in [0.1, 0.15) is 18.1 Å². The molecule has 0 spiro atoms. The Morgan fingerprint density at radius 3 is 2.33 bits per heavy atom. The van der Waals surface area contributed by atoms with E-state index in [0.717, 1.165) is 5.56 Å². The molecule has 144 valence electrons. The predicted molar refractivity (Wildman–Crippen MR) is 96.9 cm³/mol. The van der Waals surface area contributed by atoms with Crippen LogP contribution in [0, 0.1) is 10.1 Å². The standard InChI is InChI=1S/C17H19N2O7P/c1-13(18-17(20)25-11-14-5-3-2-4-6-14)27(23,24)26-12-15-7-9-16(10-8-15)19(21)22/h2-10,13H,11-12H2,1H3,(H,18,20)(H,23,24). The van der Waals surface area contributed by atoms with Crippen LogP contribution >= 0.6 is 7.60 Å². The second kappa shape index (κ2) is 9.27. The highest BCUT2D eigenvalue weighted by Gasteiger charge is 2.30. The summed E-state index contributed by atoms with van der Waals surface area (Å²) in [6.07, 6.45) is -0.848. The minimum atomic E-state index is -4.18. The van der Waals surface area contributed by atoms with E-state index in [1.807, 2.05) is 6.07 Å². The molecule has 0 radical (unpaired) electrons. The van der Waals surface area contributed by atoms with Gasteiger partial charge >= 0.3 is 13.7 Å². The smallest absolute Gasteiger partial charge is 0.408 e. The number of carbonyl (C=O) groups is 1. The number of amides is 1. The zero-order valence-corrected chi connectivity index (χ0v) is 15.4. The van der Waals surface area contributed by atoms with E-state index >= 15 is 0 Å². The molecule has 0 saturated heterocycles. The van der Waals surface area contributed by atoms with Crippen LogP contribution in [0.15, 0.2) is 54.6 Å². The minimum absolute atomic E-state index is 0.0266. The van der Waals surface area contributed by atoms with E-state index < -0.39 is 24.4 Å². The predicted octanol–water partition coefficient (Wildman–Crippen LogP) is 3.57. The topological polar surface area (TPSA) is 128 Å². The summed E-state index contributed by atoms with van der Waals surface area (Å²) in [5, 5.41) is 12.9. The molecule has 0 heterocycles. The lowest BCUT2D eigenvalue weighted by atomic mass is 10.2. The average molecular weight is 394 g/mol. The first-order chi connectivity index (χ1) is 12.8. The van der Waals surface area contributed by atoms with E-state index in [4.69, 9.17) is 9.26 Å². The van der Waals surface area contributed by atoms with Crippen molar-refractivity contribution in [3.8, 4) is 0 Å². The molecule has 9 nitrogen and oxygen atoms in total. The number of nitro groups is 1. The number of ether oxygens (including phenoxy) is 1. The molecule has 10 heteroatoms. The number of nitro benzene ring substituents is 1. The van der Waals surface area contributed by atoms with E-state index in [-0.39, 0.29) is 18.9 Å². The van der Waals surface area contributed by atoms with E-state index in [2.05, 4.69) is 5.32 Å². The Hall–Kier alpha value is -2.74. The minimum Gasteiger partial charge on any atom is -0.445 e. The van der Waals surface area contributed by atoms with Crippen molar-refractivity contribution in [1.82, 2.24) is 5.32 Å². The van der Waals surface area contributed by atoms with E-state index in [1.165, 1.54) is 31.2 Å². The Balaban J connectivity index is 1.82.